The minimum atomic E-state index is -4.76. The van der Waals surface area contributed by atoms with Crippen LogP contribution in [0.15, 0.2) is 110 Å². The summed E-state index contributed by atoms with van der Waals surface area (Å²) in [6, 6.07) is 22.0. The maximum Gasteiger partial charge on any atom is 0.335 e. The Balaban J connectivity index is 1.59. The number of carboxylic acids is 1. The number of phenolic OH excluding ortho intramolecular Hbond substituents is 1. The Morgan fingerprint density at radius 3 is 2.05 bits per heavy atom. The zero-order chi connectivity index (χ0) is 27.7. The van der Waals surface area contributed by atoms with E-state index in [0.29, 0.717) is 38.9 Å². The van der Waals surface area contributed by atoms with Crippen molar-refractivity contribution < 1.29 is 28.0 Å². The van der Waals surface area contributed by atoms with Crippen LogP contribution in [0.25, 0.3) is 21.5 Å². The summed E-state index contributed by atoms with van der Waals surface area (Å²) in [6.07, 6.45) is 0. The highest BCUT2D eigenvalue weighted by Gasteiger charge is 2.22. The SMILES string of the molecule is Nc1ccc2cc(S(=O)(=O)O)c(/N=N/c3ccc(/N=N/c4cccc(C(=O)O)c4)c4ccccc34)c(O)c2c1. The molecule has 0 bridgehead atoms. The Morgan fingerprint density at radius 2 is 1.41 bits per heavy atom. The van der Waals surface area contributed by atoms with Gasteiger partial charge in [-0.15, -0.1) is 15.3 Å². The highest BCUT2D eigenvalue weighted by atomic mass is 32.2. The molecule has 0 fully saturated rings. The lowest BCUT2D eigenvalue weighted by molar-refractivity contribution is 0.0697. The molecular formula is C27H19N5O6S. The number of hydrogen-bond donors (Lipinski definition) is 4. The predicted molar refractivity (Wildman–Crippen MR) is 146 cm³/mol. The normalized spacial score (nSPS) is 12.1. The van der Waals surface area contributed by atoms with Crippen molar-refractivity contribution in [3.05, 3.63) is 90.5 Å². The molecule has 39 heavy (non-hydrogen) atoms. The topological polar surface area (TPSA) is 187 Å². The summed E-state index contributed by atoms with van der Waals surface area (Å²) >= 11 is 0. The van der Waals surface area contributed by atoms with Crippen LogP contribution in [0.4, 0.5) is 28.4 Å². The van der Waals surface area contributed by atoms with Crippen molar-refractivity contribution in [3.8, 4) is 5.75 Å². The second-order valence-electron chi connectivity index (χ2n) is 8.43. The number of hydrogen-bond acceptors (Lipinski definition) is 9. The van der Waals surface area contributed by atoms with Crippen molar-refractivity contribution in [2.75, 3.05) is 5.73 Å². The number of rotatable bonds is 6. The van der Waals surface area contributed by atoms with E-state index in [1.54, 1.807) is 48.5 Å². The fourth-order valence-corrected chi connectivity index (χ4v) is 4.67. The Hall–Kier alpha value is -5.20. The fraction of sp³-hybridized carbons (Fsp3) is 0. The second-order valence-corrected chi connectivity index (χ2v) is 9.82. The molecule has 0 radical (unpaired) electrons. The molecule has 5 rings (SSSR count). The summed E-state index contributed by atoms with van der Waals surface area (Å²) in [6.45, 7) is 0. The van der Waals surface area contributed by atoms with E-state index in [2.05, 4.69) is 20.5 Å². The highest BCUT2D eigenvalue weighted by Crippen LogP contribution is 2.43. The molecule has 0 unspecified atom stereocenters. The largest absolute Gasteiger partial charge is 0.505 e. The van der Waals surface area contributed by atoms with Crippen LogP contribution >= 0.6 is 0 Å². The van der Waals surface area contributed by atoms with Crippen LogP contribution in [0.1, 0.15) is 10.4 Å². The molecule has 194 valence electrons. The molecule has 0 aliphatic rings. The molecule has 5 aromatic carbocycles. The third-order valence-corrected chi connectivity index (χ3v) is 6.72. The summed E-state index contributed by atoms with van der Waals surface area (Å²) < 4.78 is 34.0. The summed E-state index contributed by atoms with van der Waals surface area (Å²) in [5.41, 5.74) is 6.94. The number of aromatic hydroxyl groups is 1. The molecule has 0 heterocycles. The molecule has 12 heteroatoms. The number of fused-ring (bicyclic) bond motifs is 2. The van der Waals surface area contributed by atoms with Crippen LogP contribution in [-0.2, 0) is 10.1 Å². The van der Waals surface area contributed by atoms with E-state index in [9.17, 15) is 28.0 Å². The molecule has 5 N–H and O–H groups in total. The second kappa shape index (κ2) is 9.93. The third-order valence-electron chi connectivity index (χ3n) is 5.86. The first-order valence-corrected chi connectivity index (χ1v) is 12.8. The quantitative estimate of drug-likeness (QED) is 0.101. The van der Waals surface area contributed by atoms with E-state index in [-0.39, 0.29) is 10.9 Å². The van der Waals surface area contributed by atoms with Crippen LogP contribution in [0, 0.1) is 0 Å². The van der Waals surface area contributed by atoms with E-state index in [4.69, 9.17) is 5.73 Å². The van der Waals surface area contributed by atoms with Gasteiger partial charge in [0.25, 0.3) is 10.1 Å². The van der Waals surface area contributed by atoms with Gasteiger partial charge in [-0.25, -0.2) is 4.79 Å². The average molecular weight is 542 g/mol. The van der Waals surface area contributed by atoms with Gasteiger partial charge in [-0.05, 0) is 53.9 Å². The number of azo groups is 2. The van der Waals surface area contributed by atoms with Gasteiger partial charge < -0.3 is 15.9 Å². The van der Waals surface area contributed by atoms with Crippen molar-refractivity contribution in [2.24, 2.45) is 20.5 Å². The van der Waals surface area contributed by atoms with Crippen LogP contribution in [-0.4, -0.2) is 29.2 Å². The molecule has 11 nitrogen and oxygen atoms in total. The number of nitrogen functional groups attached to an aromatic ring is 1. The number of phenols is 1. The number of aromatic carboxylic acids is 1. The van der Waals surface area contributed by atoms with Crippen LogP contribution < -0.4 is 5.73 Å². The van der Waals surface area contributed by atoms with E-state index < -0.39 is 32.4 Å². The summed E-state index contributed by atoms with van der Waals surface area (Å²) in [5, 5.41) is 38.4. The average Bonchev–Trinajstić information content (AvgIpc) is 2.91. The molecule has 0 saturated carbocycles. The van der Waals surface area contributed by atoms with Crippen molar-refractivity contribution >= 4 is 66.1 Å². The predicted octanol–water partition coefficient (Wildman–Crippen LogP) is 7.06. The van der Waals surface area contributed by atoms with E-state index in [1.807, 2.05) is 0 Å². The molecule has 0 aliphatic carbocycles. The standard InChI is InChI=1S/C27H19N5O6S/c28-17-9-8-15-13-24(39(36,37)38)25(26(33)21(15)14-17)32-31-23-11-10-22(19-6-1-2-7-20(19)23)30-29-18-5-3-4-16(12-18)27(34)35/h1-14,33H,28H2,(H,34,35)(H,36,37,38)/b30-29+,32-31+. The lowest BCUT2D eigenvalue weighted by atomic mass is 10.1. The van der Waals surface area contributed by atoms with Gasteiger partial charge in [0.1, 0.15) is 10.6 Å². The number of benzene rings is 5. The molecule has 0 aromatic heterocycles. The van der Waals surface area contributed by atoms with E-state index >= 15 is 0 Å². The van der Waals surface area contributed by atoms with Gasteiger partial charge >= 0.3 is 5.97 Å². The van der Waals surface area contributed by atoms with E-state index in [1.165, 1.54) is 36.4 Å². The molecule has 5 aromatic rings. The monoisotopic (exact) mass is 541 g/mol. The van der Waals surface area contributed by atoms with Gasteiger partial charge in [-0.1, -0.05) is 36.4 Å². The van der Waals surface area contributed by atoms with Crippen LogP contribution in [0.2, 0.25) is 0 Å². The number of anilines is 1. The Morgan fingerprint density at radius 1 is 0.744 bits per heavy atom. The van der Waals surface area contributed by atoms with Crippen LogP contribution in [0.3, 0.4) is 0 Å². The van der Waals surface area contributed by atoms with Crippen molar-refractivity contribution in [3.63, 3.8) is 0 Å². The van der Waals surface area contributed by atoms with Gasteiger partial charge in [-0.2, -0.15) is 13.5 Å². The minimum absolute atomic E-state index is 0.0796. The summed E-state index contributed by atoms with van der Waals surface area (Å²) in [5.74, 6) is -1.58. The van der Waals surface area contributed by atoms with Crippen molar-refractivity contribution in [2.45, 2.75) is 4.90 Å². The summed E-state index contributed by atoms with van der Waals surface area (Å²) in [4.78, 5) is 10.6. The lowest BCUT2D eigenvalue weighted by Gasteiger charge is -2.09. The fourth-order valence-electron chi connectivity index (χ4n) is 4.01. The summed E-state index contributed by atoms with van der Waals surface area (Å²) in [7, 11) is -4.76. The Labute approximate surface area is 221 Å². The van der Waals surface area contributed by atoms with Crippen LogP contribution in [0.5, 0.6) is 5.75 Å². The van der Waals surface area contributed by atoms with Gasteiger partial charge in [0.15, 0.2) is 5.75 Å². The minimum Gasteiger partial charge on any atom is -0.505 e. The molecule has 0 amide bonds. The highest BCUT2D eigenvalue weighted by molar-refractivity contribution is 7.86. The first kappa shape index (κ1) is 25.4. The van der Waals surface area contributed by atoms with E-state index in [0.717, 1.165) is 0 Å². The molecule has 0 aliphatic heterocycles. The first-order chi connectivity index (χ1) is 18.6. The lowest BCUT2D eigenvalue weighted by Crippen LogP contribution is -1.99. The number of carboxylic acid groups (broad SMARTS) is 1. The van der Waals surface area contributed by atoms with Gasteiger partial charge in [-0.3, -0.25) is 4.55 Å². The van der Waals surface area contributed by atoms with Crippen molar-refractivity contribution in [1.82, 2.24) is 0 Å². The first-order valence-electron chi connectivity index (χ1n) is 11.3. The van der Waals surface area contributed by atoms with Gasteiger partial charge in [0.05, 0.1) is 22.6 Å². The molecule has 0 spiro atoms. The smallest absolute Gasteiger partial charge is 0.335 e. The van der Waals surface area contributed by atoms with Crippen molar-refractivity contribution in [1.29, 1.82) is 0 Å². The third kappa shape index (κ3) is 5.14. The van der Waals surface area contributed by atoms with Gasteiger partial charge in [0.2, 0.25) is 0 Å². The molecular weight excluding hydrogens is 522 g/mol. The molecule has 0 saturated heterocycles. The number of nitrogens with zero attached hydrogens (tertiary/aromatic N) is 4. The zero-order valence-electron chi connectivity index (χ0n) is 19.9. The Bertz CT molecular complexity index is 1950. The Kier molecular flexibility index (Phi) is 6.48. The number of nitrogens with two attached hydrogens (primary N) is 1. The maximum atomic E-state index is 12.1. The molecule has 0 atom stereocenters. The number of carbonyl (C=O) groups is 1. The zero-order valence-corrected chi connectivity index (χ0v) is 20.7. The van der Waals surface area contributed by atoms with Gasteiger partial charge in [0, 0.05) is 21.8 Å². The maximum absolute atomic E-state index is 12.1.